The smallest absolute Gasteiger partial charge is 0.225 e. The maximum atomic E-state index is 6.08. The number of aromatic nitrogens is 3. The van der Waals surface area contributed by atoms with Crippen LogP contribution in [0.15, 0.2) is 23.8 Å². The summed E-state index contributed by atoms with van der Waals surface area (Å²) < 4.78 is 6.08. The van der Waals surface area contributed by atoms with Crippen LogP contribution < -0.4 is 4.90 Å². The molecule has 0 aromatic carbocycles. The summed E-state index contributed by atoms with van der Waals surface area (Å²) in [5.41, 5.74) is 1.32. The second-order valence-corrected chi connectivity index (χ2v) is 7.79. The minimum absolute atomic E-state index is 0.268. The first kappa shape index (κ1) is 15.0. The molecule has 4 rings (SSSR count). The van der Waals surface area contributed by atoms with Crippen LogP contribution in [0.2, 0.25) is 0 Å². The van der Waals surface area contributed by atoms with Gasteiger partial charge in [-0.05, 0) is 31.7 Å². The van der Waals surface area contributed by atoms with Crippen molar-refractivity contribution in [3.05, 3.63) is 34.5 Å². The van der Waals surface area contributed by atoms with Gasteiger partial charge in [-0.25, -0.2) is 15.0 Å². The van der Waals surface area contributed by atoms with Crippen molar-refractivity contribution < 1.29 is 4.74 Å². The third-order valence-corrected chi connectivity index (χ3v) is 6.00. The third-order valence-electron chi connectivity index (χ3n) is 5.18. The molecule has 1 aliphatic heterocycles. The highest BCUT2D eigenvalue weighted by Gasteiger charge is 2.50. The number of aryl methyl sites for hydroxylation is 1. The van der Waals surface area contributed by atoms with Crippen molar-refractivity contribution in [2.24, 2.45) is 11.3 Å². The number of thiazole rings is 1. The molecule has 2 aromatic heterocycles. The normalized spacial score (nSPS) is 26.7. The van der Waals surface area contributed by atoms with Gasteiger partial charge in [-0.15, -0.1) is 11.3 Å². The molecule has 0 N–H and O–H groups in total. The van der Waals surface area contributed by atoms with Gasteiger partial charge in [0.15, 0.2) is 0 Å². The Morgan fingerprint density at radius 2 is 2.26 bits per heavy atom. The lowest BCUT2D eigenvalue weighted by molar-refractivity contribution is 0.0302. The summed E-state index contributed by atoms with van der Waals surface area (Å²) in [5, 5.41) is 3.20. The van der Waals surface area contributed by atoms with Gasteiger partial charge in [0, 0.05) is 36.3 Å². The SMILES string of the molecule is Cc1nc(COC[C@]23CCC[C@H]2CN(c2ncccn2)C3)cs1. The van der Waals surface area contributed by atoms with Gasteiger partial charge in [0.2, 0.25) is 5.95 Å². The van der Waals surface area contributed by atoms with Gasteiger partial charge in [-0.1, -0.05) is 6.42 Å². The van der Waals surface area contributed by atoms with Gasteiger partial charge in [-0.3, -0.25) is 0 Å². The van der Waals surface area contributed by atoms with Crippen molar-refractivity contribution >= 4 is 17.3 Å². The van der Waals surface area contributed by atoms with Crippen LogP contribution in [0, 0.1) is 18.3 Å². The Balaban J connectivity index is 1.41. The van der Waals surface area contributed by atoms with Crippen molar-refractivity contribution in [2.75, 3.05) is 24.6 Å². The first-order chi connectivity index (χ1) is 11.3. The largest absolute Gasteiger partial charge is 0.374 e. The molecular formula is C17H22N4OS. The summed E-state index contributed by atoms with van der Waals surface area (Å²) in [7, 11) is 0. The molecule has 1 saturated heterocycles. The molecule has 0 spiro atoms. The molecular weight excluding hydrogens is 308 g/mol. The van der Waals surface area contributed by atoms with Gasteiger partial charge >= 0.3 is 0 Å². The lowest BCUT2D eigenvalue weighted by Crippen LogP contribution is -2.32. The van der Waals surface area contributed by atoms with Gasteiger partial charge in [0.25, 0.3) is 0 Å². The number of anilines is 1. The van der Waals surface area contributed by atoms with Gasteiger partial charge < -0.3 is 9.64 Å². The Labute approximate surface area is 140 Å². The average molecular weight is 330 g/mol. The number of hydrogen-bond donors (Lipinski definition) is 0. The van der Waals surface area contributed by atoms with Crippen LogP contribution in [0.4, 0.5) is 5.95 Å². The summed E-state index contributed by atoms with van der Waals surface area (Å²) in [4.78, 5) is 15.6. The minimum atomic E-state index is 0.268. The van der Waals surface area contributed by atoms with E-state index in [0.717, 1.165) is 36.3 Å². The first-order valence-corrected chi connectivity index (χ1v) is 9.14. The van der Waals surface area contributed by atoms with Crippen molar-refractivity contribution in [2.45, 2.75) is 32.8 Å². The second-order valence-electron chi connectivity index (χ2n) is 6.73. The predicted molar refractivity (Wildman–Crippen MR) is 90.5 cm³/mol. The molecule has 2 aromatic rings. The summed E-state index contributed by atoms with van der Waals surface area (Å²) in [6.07, 6.45) is 7.50. The van der Waals surface area contributed by atoms with E-state index in [4.69, 9.17) is 4.74 Å². The van der Waals surface area contributed by atoms with Crippen LogP contribution in [0.25, 0.3) is 0 Å². The summed E-state index contributed by atoms with van der Waals surface area (Å²) in [6, 6.07) is 1.87. The molecule has 6 heteroatoms. The number of ether oxygens (including phenoxy) is 1. The third kappa shape index (κ3) is 2.97. The molecule has 2 aliphatic rings. The zero-order valence-electron chi connectivity index (χ0n) is 13.4. The molecule has 5 nitrogen and oxygen atoms in total. The Morgan fingerprint density at radius 3 is 3.04 bits per heavy atom. The maximum absolute atomic E-state index is 6.08. The highest BCUT2D eigenvalue weighted by atomic mass is 32.1. The van der Waals surface area contributed by atoms with Crippen molar-refractivity contribution in [1.82, 2.24) is 15.0 Å². The second kappa shape index (κ2) is 6.17. The molecule has 2 atom stereocenters. The lowest BCUT2D eigenvalue weighted by atomic mass is 9.82. The number of rotatable bonds is 5. The van der Waals surface area contributed by atoms with Crippen LogP contribution in [-0.4, -0.2) is 34.6 Å². The van der Waals surface area contributed by atoms with E-state index in [1.54, 1.807) is 11.3 Å². The van der Waals surface area contributed by atoms with Crippen LogP contribution >= 0.6 is 11.3 Å². The summed E-state index contributed by atoms with van der Waals surface area (Å²) >= 11 is 1.69. The standard InChI is InChI=1S/C17H22N4OS/c1-13-20-15(10-23-13)9-22-12-17-5-2-4-14(17)8-21(11-17)16-18-6-3-7-19-16/h3,6-7,10,14H,2,4-5,8-9,11-12H2,1H3/t14-,17+/m0/s1. The molecule has 1 saturated carbocycles. The van der Waals surface area contributed by atoms with Crippen molar-refractivity contribution in [1.29, 1.82) is 0 Å². The van der Waals surface area contributed by atoms with Crippen LogP contribution in [0.5, 0.6) is 0 Å². The van der Waals surface area contributed by atoms with Gasteiger partial charge in [0.05, 0.1) is 23.9 Å². The van der Waals surface area contributed by atoms with Crippen LogP contribution in [0.1, 0.15) is 30.0 Å². The molecule has 0 unspecified atom stereocenters. The topological polar surface area (TPSA) is 51.1 Å². The van der Waals surface area contributed by atoms with Gasteiger partial charge in [-0.2, -0.15) is 0 Å². The molecule has 0 amide bonds. The van der Waals surface area contributed by atoms with E-state index < -0.39 is 0 Å². The molecule has 0 bridgehead atoms. The van der Waals surface area contributed by atoms with E-state index >= 15 is 0 Å². The highest BCUT2D eigenvalue weighted by Crippen LogP contribution is 2.49. The fraction of sp³-hybridized carbons (Fsp3) is 0.588. The van der Waals surface area contributed by atoms with Crippen molar-refractivity contribution in [3.8, 4) is 0 Å². The Morgan fingerprint density at radius 1 is 1.39 bits per heavy atom. The molecule has 1 aliphatic carbocycles. The van der Waals surface area contributed by atoms with Gasteiger partial charge in [0.1, 0.15) is 0 Å². The van der Waals surface area contributed by atoms with E-state index in [1.807, 2.05) is 25.4 Å². The fourth-order valence-corrected chi connectivity index (χ4v) is 4.69. The minimum Gasteiger partial charge on any atom is -0.374 e. The Kier molecular flexibility index (Phi) is 4.03. The number of fused-ring (bicyclic) bond motifs is 1. The molecule has 3 heterocycles. The van der Waals surface area contributed by atoms with E-state index in [-0.39, 0.29) is 5.41 Å². The monoisotopic (exact) mass is 330 g/mol. The average Bonchev–Trinajstić information content (AvgIpc) is 3.22. The van der Waals surface area contributed by atoms with Crippen LogP contribution in [0.3, 0.4) is 0 Å². The zero-order chi connectivity index (χ0) is 15.7. The Hall–Kier alpha value is -1.53. The van der Waals surface area contributed by atoms with E-state index in [9.17, 15) is 0 Å². The van der Waals surface area contributed by atoms with Crippen LogP contribution in [-0.2, 0) is 11.3 Å². The number of hydrogen-bond acceptors (Lipinski definition) is 6. The molecule has 122 valence electrons. The molecule has 23 heavy (non-hydrogen) atoms. The lowest BCUT2D eigenvalue weighted by Gasteiger charge is -2.28. The number of nitrogens with zero attached hydrogens (tertiary/aromatic N) is 4. The summed E-state index contributed by atoms with van der Waals surface area (Å²) in [5.74, 6) is 1.56. The molecule has 2 fully saturated rings. The van der Waals surface area contributed by atoms with E-state index in [0.29, 0.717) is 12.5 Å². The first-order valence-electron chi connectivity index (χ1n) is 8.26. The highest BCUT2D eigenvalue weighted by molar-refractivity contribution is 7.09. The fourth-order valence-electron chi connectivity index (χ4n) is 4.09. The van der Waals surface area contributed by atoms with Crippen molar-refractivity contribution in [3.63, 3.8) is 0 Å². The zero-order valence-corrected chi connectivity index (χ0v) is 14.3. The molecule has 0 radical (unpaired) electrons. The maximum Gasteiger partial charge on any atom is 0.225 e. The van der Waals surface area contributed by atoms with E-state index in [1.165, 1.54) is 19.3 Å². The Bertz CT molecular complexity index is 662. The predicted octanol–water partition coefficient (Wildman–Crippen LogP) is 3.06. The van der Waals surface area contributed by atoms with E-state index in [2.05, 4.69) is 25.2 Å². The summed E-state index contributed by atoms with van der Waals surface area (Å²) in [6.45, 7) is 5.55. The quantitative estimate of drug-likeness (QED) is 0.843.